The van der Waals surface area contributed by atoms with Gasteiger partial charge in [0.15, 0.2) is 11.6 Å². The topological polar surface area (TPSA) is 27.7 Å². The van der Waals surface area contributed by atoms with Crippen LogP contribution in [-0.2, 0) is 25.8 Å². The van der Waals surface area contributed by atoms with Gasteiger partial charge in [-0.15, -0.1) is 9.24 Å². The normalized spacial score (nSPS) is 38.8. The summed E-state index contributed by atoms with van der Waals surface area (Å²) < 4.78 is 20.4. The van der Waals surface area contributed by atoms with E-state index in [2.05, 4.69) is 116 Å². The molecule has 4 fully saturated rings. The predicted octanol–water partition coefficient (Wildman–Crippen LogP) is 7.74. The molecule has 204 valence electrons. The standard InChI is InChI=1S/C30H52O3P2Si/c1-24(2,3)35(25(4,5)6)17-21-14-15-22(36(11,12)13)16-23(21)30(20-34)26(7)18-28(9)32-27(30,8)19-29(10,31-26)33-28/h14-16H,17-20,34H2,1-13H3. The van der Waals surface area contributed by atoms with Crippen molar-refractivity contribution in [3.63, 3.8) is 0 Å². The first-order valence-corrected chi connectivity index (χ1v) is 19.6. The molecular weight excluding hydrogens is 498 g/mol. The molecule has 4 saturated heterocycles. The number of hydrogen-bond acceptors (Lipinski definition) is 3. The highest BCUT2D eigenvalue weighted by molar-refractivity contribution is 7.60. The van der Waals surface area contributed by atoms with E-state index in [0.29, 0.717) is 0 Å². The fraction of sp³-hybridized carbons (Fsp3) is 0.800. The van der Waals surface area contributed by atoms with Crippen molar-refractivity contribution in [2.24, 2.45) is 0 Å². The van der Waals surface area contributed by atoms with E-state index < -0.39 is 19.6 Å². The second-order valence-electron chi connectivity index (χ2n) is 15.5. The maximum atomic E-state index is 7.01. The zero-order chi connectivity index (χ0) is 27.4. The molecule has 0 amide bonds. The van der Waals surface area contributed by atoms with Crippen LogP contribution in [0.3, 0.4) is 0 Å². The molecule has 4 aliphatic rings. The molecule has 0 radical (unpaired) electrons. The van der Waals surface area contributed by atoms with Crippen LogP contribution in [0.1, 0.15) is 93.2 Å². The molecule has 6 heteroatoms. The van der Waals surface area contributed by atoms with E-state index in [1.807, 2.05) is 0 Å². The van der Waals surface area contributed by atoms with E-state index >= 15 is 0 Å². The Bertz CT molecular complexity index is 974. The van der Waals surface area contributed by atoms with Gasteiger partial charge in [-0.2, -0.15) is 0 Å². The van der Waals surface area contributed by atoms with Gasteiger partial charge in [0, 0.05) is 12.8 Å². The molecule has 0 N–H and O–H groups in total. The molecular formula is C30H52O3P2Si. The summed E-state index contributed by atoms with van der Waals surface area (Å²) in [6.45, 7) is 30.9. The van der Waals surface area contributed by atoms with Crippen LogP contribution in [0.4, 0.5) is 0 Å². The molecule has 4 bridgehead atoms. The fourth-order valence-corrected chi connectivity index (χ4v) is 14.1. The quantitative estimate of drug-likeness (QED) is 0.277. The summed E-state index contributed by atoms with van der Waals surface area (Å²) in [5.41, 5.74) is 1.90. The minimum Gasteiger partial charge on any atom is -0.343 e. The molecule has 0 aromatic heterocycles. The first-order valence-electron chi connectivity index (χ1n) is 13.8. The van der Waals surface area contributed by atoms with Crippen LogP contribution in [-0.4, -0.2) is 47.3 Å². The van der Waals surface area contributed by atoms with Crippen molar-refractivity contribution in [3.05, 3.63) is 29.3 Å². The van der Waals surface area contributed by atoms with Crippen LogP contribution in [0, 0.1) is 0 Å². The van der Waals surface area contributed by atoms with Gasteiger partial charge >= 0.3 is 0 Å². The fourth-order valence-electron chi connectivity index (χ4n) is 8.27. The lowest BCUT2D eigenvalue weighted by atomic mass is 9.51. The van der Waals surface area contributed by atoms with Crippen molar-refractivity contribution in [3.8, 4) is 0 Å². The third-order valence-corrected chi connectivity index (χ3v) is 15.7. The smallest absolute Gasteiger partial charge is 0.172 e. The van der Waals surface area contributed by atoms with Crippen molar-refractivity contribution < 1.29 is 14.2 Å². The SMILES string of the molecule is CC12CC3(C)OC(C)(CC(C)(O1)C3(CP)c1cc([Si](C)(C)C)ccc1CP(C(C)(C)C)C(C)(C)C)O2. The molecule has 0 spiro atoms. The second kappa shape index (κ2) is 8.34. The van der Waals surface area contributed by atoms with Crippen LogP contribution in [0.2, 0.25) is 19.6 Å². The molecule has 1 aromatic rings. The molecule has 5 atom stereocenters. The van der Waals surface area contributed by atoms with Gasteiger partial charge in [0.2, 0.25) is 0 Å². The van der Waals surface area contributed by atoms with Crippen molar-refractivity contribution >= 4 is 30.4 Å². The Labute approximate surface area is 226 Å². The van der Waals surface area contributed by atoms with E-state index in [9.17, 15) is 0 Å². The lowest BCUT2D eigenvalue weighted by molar-refractivity contribution is -0.531. The van der Waals surface area contributed by atoms with Crippen LogP contribution < -0.4 is 5.19 Å². The molecule has 5 rings (SSSR count). The van der Waals surface area contributed by atoms with Gasteiger partial charge in [0.05, 0.1) is 24.7 Å². The zero-order valence-electron chi connectivity index (χ0n) is 25.3. The maximum absolute atomic E-state index is 7.01. The lowest BCUT2D eigenvalue weighted by Gasteiger charge is -2.74. The van der Waals surface area contributed by atoms with E-state index in [1.165, 1.54) is 16.3 Å². The summed E-state index contributed by atoms with van der Waals surface area (Å²) in [6, 6.07) is 7.51. The monoisotopic (exact) mass is 550 g/mol. The third kappa shape index (κ3) is 4.43. The second-order valence-corrected chi connectivity index (χ2v) is 24.9. The number of ether oxygens (including phenoxy) is 3. The Kier molecular flexibility index (Phi) is 6.76. The first-order chi connectivity index (χ1) is 16.0. The van der Waals surface area contributed by atoms with Gasteiger partial charge in [0.1, 0.15) is 0 Å². The minimum absolute atomic E-state index is 0.260. The zero-order valence-corrected chi connectivity index (χ0v) is 28.4. The Morgan fingerprint density at radius 1 is 0.833 bits per heavy atom. The van der Waals surface area contributed by atoms with Crippen LogP contribution >= 0.6 is 17.2 Å². The number of benzene rings is 1. The average molecular weight is 551 g/mol. The largest absolute Gasteiger partial charge is 0.343 e. The summed E-state index contributed by atoms with van der Waals surface area (Å²) in [5, 5.41) is 2.04. The van der Waals surface area contributed by atoms with Crippen molar-refractivity contribution in [2.75, 3.05) is 6.16 Å². The Morgan fingerprint density at radius 3 is 1.69 bits per heavy atom. The highest BCUT2D eigenvalue weighted by Crippen LogP contribution is 2.69. The summed E-state index contributed by atoms with van der Waals surface area (Å²) in [5.74, 6) is -1.23. The molecule has 0 aliphatic carbocycles. The molecule has 4 aliphatic heterocycles. The van der Waals surface area contributed by atoms with Gasteiger partial charge in [-0.05, 0) is 61.5 Å². The molecule has 4 heterocycles. The molecule has 1 aromatic carbocycles. The average Bonchev–Trinajstić information content (AvgIpc) is 2.60. The summed E-state index contributed by atoms with van der Waals surface area (Å²) in [7, 11) is 1.29. The van der Waals surface area contributed by atoms with Gasteiger partial charge in [-0.25, -0.2) is 0 Å². The van der Waals surface area contributed by atoms with Gasteiger partial charge in [-0.3, -0.25) is 0 Å². The van der Waals surface area contributed by atoms with Crippen LogP contribution in [0.15, 0.2) is 18.2 Å². The maximum Gasteiger partial charge on any atom is 0.172 e. The molecule has 36 heavy (non-hydrogen) atoms. The summed E-state index contributed by atoms with van der Waals surface area (Å²) >= 11 is 0. The first kappa shape index (κ1) is 29.2. The lowest BCUT2D eigenvalue weighted by Crippen LogP contribution is -2.84. The molecule has 0 saturated carbocycles. The van der Waals surface area contributed by atoms with E-state index in [1.54, 1.807) is 0 Å². The van der Waals surface area contributed by atoms with Crippen molar-refractivity contribution in [1.82, 2.24) is 0 Å². The van der Waals surface area contributed by atoms with Crippen LogP contribution in [0.5, 0.6) is 0 Å². The Hall–Kier alpha value is 0.177. The summed E-state index contributed by atoms with van der Waals surface area (Å²) in [4.78, 5) is 0. The molecule has 5 unspecified atom stereocenters. The number of rotatable bonds is 5. The minimum atomic E-state index is -1.54. The highest BCUT2D eigenvalue weighted by atomic mass is 31.1. The van der Waals surface area contributed by atoms with E-state index in [-0.39, 0.29) is 34.9 Å². The van der Waals surface area contributed by atoms with Crippen LogP contribution in [0.25, 0.3) is 0 Å². The van der Waals surface area contributed by atoms with E-state index in [4.69, 9.17) is 14.2 Å². The van der Waals surface area contributed by atoms with Crippen molar-refractivity contribution in [1.29, 1.82) is 0 Å². The van der Waals surface area contributed by atoms with Crippen molar-refractivity contribution in [2.45, 2.75) is 146 Å². The van der Waals surface area contributed by atoms with Gasteiger partial charge in [0.25, 0.3) is 0 Å². The van der Waals surface area contributed by atoms with E-state index in [0.717, 1.165) is 25.2 Å². The Morgan fingerprint density at radius 2 is 1.31 bits per heavy atom. The number of hydrogen-bond donors (Lipinski definition) is 0. The third-order valence-electron chi connectivity index (χ3n) is 9.13. The Balaban J connectivity index is 1.99. The summed E-state index contributed by atoms with van der Waals surface area (Å²) in [6.07, 6.45) is 3.50. The van der Waals surface area contributed by atoms with Gasteiger partial charge in [-0.1, -0.05) is 92.5 Å². The predicted molar refractivity (Wildman–Crippen MR) is 162 cm³/mol. The molecule has 3 nitrogen and oxygen atoms in total. The van der Waals surface area contributed by atoms with Gasteiger partial charge < -0.3 is 14.2 Å². The highest BCUT2D eigenvalue weighted by Gasteiger charge is 2.77.